The Balaban J connectivity index is 1.33. The molecule has 0 radical (unpaired) electrons. The summed E-state index contributed by atoms with van der Waals surface area (Å²) in [6.45, 7) is 1.51. The van der Waals surface area contributed by atoms with Crippen LogP contribution in [0.25, 0.3) is 27.9 Å². The smallest absolute Gasteiger partial charge is 0.350 e. The Kier molecular flexibility index (Phi) is 5.84. The maximum atomic E-state index is 13.0. The van der Waals surface area contributed by atoms with Crippen molar-refractivity contribution < 1.29 is 22.3 Å². The summed E-state index contributed by atoms with van der Waals surface area (Å²) in [5.74, 6) is 1.10. The number of alkyl halides is 4. The van der Waals surface area contributed by atoms with Crippen molar-refractivity contribution in [2.45, 2.75) is 57.7 Å². The molecule has 1 aliphatic rings. The van der Waals surface area contributed by atoms with Crippen molar-refractivity contribution in [1.29, 1.82) is 0 Å². The Morgan fingerprint density at radius 1 is 1.12 bits per heavy atom. The van der Waals surface area contributed by atoms with E-state index in [1.807, 2.05) is 25.1 Å². The van der Waals surface area contributed by atoms with Crippen LogP contribution in [-0.2, 0) is 11.3 Å². The first-order chi connectivity index (χ1) is 16.3. The highest BCUT2D eigenvalue weighted by molar-refractivity contribution is 5.82. The number of hydrogen-bond donors (Lipinski definition) is 1. The van der Waals surface area contributed by atoms with Crippen LogP contribution in [0, 0.1) is 6.92 Å². The Bertz CT molecular complexity index is 1310. The number of aryl methyl sites for hydroxylation is 2. The molecular formula is C22H23F4N7O. The molecule has 1 aliphatic carbocycles. The van der Waals surface area contributed by atoms with E-state index in [-0.39, 0.29) is 12.6 Å². The molecule has 5 rings (SSSR count). The van der Waals surface area contributed by atoms with Crippen molar-refractivity contribution in [2.75, 3.05) is 12.0 Å². The lowest BCUT2D eigenvalue weighted by molar-refractivity contribution is -0.345. The zero-order chi connectivity index (χ0) is 23.9. The van der Waals surface area contributed by atoms with Gasteiger partial charge in [0.2, 0.25) is 5.95 Å². The van der Waals surface area contributed by atoms with E-state index >= 15 is 0 Å². The van der Waals surface area contributed by atoms with Gasteiger partial charge < -0.3 is 9.88 Å². The Morgan fingerprint density at radius 2 is 1.91 bits per heavy atom. The Labute approximate surface area is 192 Å². The fraction of sp³-hybridized carbons (Fsp3) is 0.455. The zero-order valence-electron chi connectivity index (χ0n) is 18.4. The van der Waals surface area contributed by atoms with Crippen molar-refractivity contribution in [2.24, 2.45) is 0 Å². The quantitative estimate of drug-likeness (QED) is 0.406. The summed E-state index contributed by atoms with van der Waals surface area (Å²) < 4.78 is 57.8. The second-order valence-corrected chi connectivity index (χ2v) is 8.36. The SMILES string of the molecule is Cc1nc2ccc(-c3ccn4nc(N[C@H]5CC[C@@H](OC(F)(F)F)CC5)ncc34)nc2n1CCF. The van der Waals surface area contributed by atoms with Crippen molar-refractivity contribution in [3.05, 3.63) is 36.4 Å². The highest BCUT2D eigenvalue weighted by Gasteiger charge is 2.35. The molecule has 0 aliphatic heterocycles. The molecule has 0 atom stereocenters. The van der Waals surface area contributed by atoms with Crippen molar-refractivity contribution in [3.63, 3.8) is 0 Å². The molecule has 4 aromatic heterocycles. The second kappa shape index (κ2) is 8.82. The van der Waals surface area contributed by atoms with Gasteiger partial charge in [-0.2, -0.15) is 0 Å². The monoisotopic (exact) mass is 477 g/mol. The van der Waals surface area contributed by atoms with Gasteiger partial charge >= 0.3 is 6.36 Å². The van der Waals surface area contributed by atoms with Crippen LogP contribution >= 0.6 is 0 Å². The molecule has 0 unspecified atom stereocenters. The predicted octanol–water partition coefficient (Wildman–Crippen LogP) is 4.68. The molecular weight excluding hydrogens is 454 g/mol. The van der Waals surface area contributed by atoms with E-state index in [1.165, 1.54) is 0 Å². The van der Waals surface area contributed by atoms with Crippen LogP contribution in [0.2, 0.25) is 0 Å². The Hall–Kier alpha value is -3.28. The lowest BCUT2D eigenvalue weighted by Crippen LogP contribution is -2.33. The summed E-state index contributed by atoms with van der Waals surface area (Å²) in [5, 5.41) is 7.71. The standard InChI is InChI=1S/C22H23F4N7O/c1-13-28-18-7-6-17(30-20(18)32(13)11-9-23)16-8-10-33-19(16)12-27-21(31-33)29-14-2-4-15(5-3-14)34-22(24,25)26/h6-8,10,12,14-15H,2-5,9,11H2,1H3,(H,29,31)/t14-,15+. The molecule has 1 N–H and O–H groups in total. The molecule has 1 saturated carbocycles. The van der Waals surface area contributed by atoms with Crippen LogP contribution in [0.1, 0.15) is 31.5 Å². The number of nitrogens with one attached hydrogen (secondary N) is 1. The predicted molar refractivity (Wildman–Crippen MR) is 117 cm³/mol. The van der Waals surface area contributed by atoms with Crippen molar-refractivity contribution >= 4 is 22.6 Å². The number of ether oxygens (including phenoxy) is 1. The number of aromatic nitrogens is 6. The lowest BCUT2D eigenvalue weighted by Gasteiger charge is -2.29. The molecule has 0 amide bonds. The lowest BCUT2D eigenvalue weighted by atomic mass is 9.93. The topological polar surface area (TPSA) is 82.2 Å². The van der Waals surface area contributed by atoms with E-state index in [9.17, 15) is 17.6 Å². The van der Waals surface area contributed by atoms with Gasteiger partial charge in [0.25, 0.3) is 0 Å². The van der Waals surface area contributed by atoms with Gasteiger partial charge in [-0.1, -0.05) is 0 Å². The summed E-state index contributed by atoms with van der Waals surface area (Å²) in [6, 6.07) is 5.57. The van der Waals surface area contributed by atoms with E-state index in [0.29, 0.717) is 54.3 Å². The van der Waals surface area contributed by atoms with Crippen LogP contribution < -0.4 is 5.32 Å². The molecule has 34 heavy (non-hydrogen) atoms. The molecule has 12 heteroatoms. The van der Waals surface area contributed by atoms with Gasteiger partial charge in [-0.15, -0.1) is 18.3 Å². The summed E-state index contributed by atoms with van der Waals surface area (Å²) in [4.78, 5) is 13.6. The number of halogens is 4. The molecule has 0 saturated heterocycles. The maximum absolute atomic E-state index is 13.0. The van der Waals surface area contributed by atoms with Crippen LogP contribution in [0.4, 0.5) is 23.5 Å². The van der Waals surface area contributed by atoms with Gasteiger partial charge in [-0.05, 0) is 50.8 Å². The highest BCUT2D eigenvalue weighted by Crippen LogP contribution is 2.30. The maximum Gasteiger partial charge on any atom is 0.522 e. The van der Waals surface area contributed by atoms with E-state index in [0.717, 1.165) is 11.1 Å². The number of rotatable bonds is 6. The number of nitrogens with zero attached hydrogens (tertiary/aromatic N) is 6. The summed E-state index contributed by atoms with van der Waals surface area (Å²) in [7, 11) is 0. The molecule has 0 aromatic carbocycles. The molecule has 4 heterocycles. The average Bonchev–Trinajstić information content (AvgIpc) is 3.34. The Morgan fingerprint density at radius 3 is 2.65 bits per heavy atom. The average molecular weight is 477 g/mol. The molecule has 4 aromatic rings. The third kappa shape index (κ3) is 4.54. The van der Waals surface area contributed by atoms with Crippen LogP contribution in [0.5, 0.6) is 0 Å². The first kappa shape index (κ1) is 22.5. The minimum atomic E-state index is -4.60. The third-order valence-electron chi connectivity index (χ3n) is 6.09. The van der Waals surface area contributed by atoms with Crippen LogP contribution in [0.3, 0.4) is 0 Å². The molecule has 180 valence electrons. The number of anilines is 1. The normalized spacial score (nSPS) is 19.2. The van der Waals surface area contributed by atoms with Crippen molar-refractivity contribution in [3.8, 4) is 11.3 Å². The molecule has 8 nitrogen and oxygen atoms in total. The van der Waals surface area contributed by atoms with Gasteiger partial charge in [0.05, 0.1) is 30.1 Å². The van der Waals surface area contributed by atoms with Crippen LogP contribution in [-0.4, -0.2) is 54.3 Å². The van der Waals surface area contributed by atoms with Crippen molar-refractivity contribution in [1.82, 2.24) is 29.1 Å². The summed E-state index contributed by atoms with van der Waals surface area (Å²) in [6.07, 6.45) is -0.219. The number of fused-ring (bicyclic) bond motifs is 2. The number of hydrogen-bond acceptors (Lipinski definition) is 6. The van der Waals surface area contributed by atoms with Gasteiger partial charge in [-0.25, -0.2) is 23.9 Å². The largest absolute Gasteiger partial charge is 0.522 e. The number of imidazole rings is 1. The zero-order valence-corrected chi connectivity index (χ0v) is 18.4. The van der Waals surface area contributed by atoms with Gasteiger partial charge in [0, 0.05) is 17.8 Å². The van der Waals surface area contributed by atoms with E-state index in [2.05, 4.69) is 25.1 Å². The minimum Gasteiger partial charge on any atom is -0.350 e. The summed E-state index contributed by atoms with van der Waals surface area (Å²) in [5.41, 5.74) is 3.59. The second-order valence-electron chi connectivity index (χ2n) is 8.36. The minimum absolute atomic E-state index is 0.0244. The fourth-order valence-electron chi connectivity index (χ4n) is 4.50. The first-order valence-electron chi connectivity index (χ1n) is 11.1. The molecule has 0 bridgehead atoms. The van der Waals surface area contributed by atoms with Gasteiger partial charge in [0.1, 0.15) is 18.0 Å². The first-order valence-corrected chi connectivity index (χ1v) is 11.1. The molecule has 1 fully saturated rings. The molecule has 0 spiro atoms. The number of pyridine rings is 1. The summed E-state index contributed by atoms with van der Waals surface area (Å²) >= 11 is 0. The van der Waals surface area contributed by atoms with Crippen LogP contribution in [0.15, 0.2) is 30.6 Å². The van der Waals surface area contributed by atoms with E-state index in [1.54, 1.807) is 21.5 Å². The third-order valence-corrected chi connectivity index (χ3v) is 6.09. The highest BCUT2D eigenvalue weighted by atomic mass is 19.4. The van der Waals surface area contributed by atoms with Gasteiger partial charge in [-0.3, -0.25) is 4.74 Å². The van der Waals surface area contributed by atoms with E-state index in [4.69, 9.17) is 4.98 Å². The fourth-order valence-corrected chi connectivity index (χ4v) is 4.50. The van der Waals surface area contributed by atoms with Gasteiger partial charge in [0.15, 0.2) is 5.65 Å². The van der Waals surface area contributed by atoms with E-state index < -0.39 is 19.1 Å².